The summed E-state index contributed by atoms with van der Waals surface area (Å²) in [5.74, 6) is -0.144. The molecule has 6 nitrogen and oxygen atoms in total. The Morgan fingerprint density at radius 1 is 1.38 bits per heavy atom. The summed E-state index contributed by atoms with van der Waals surface area (Å²) >= 11 is 6.02. The third-order valence-electron chi connectivity index (χ3n) is 3.53. The zero-order chi connectivity index (χ0) is 15.4. The smallest absolute Gasteiger partial charge is 0.238 e. The lowest BCUT2D eigenvalue weighted by Gasteiger charge is -2.15. The van der Waals surface area contributed by atoms with Crippen LogP contribution < -0.4 is 11.1 Å². The molecule has 0 aliphatic carbocycles. The van der Waals surface area contributed by atoms with Crippen molar-refractivity contribution in [1.82, 2.24) is 4.90 Å². The van der Waals surface area contributed by atoms with Crippen molar-refractivity contribution in [2.75, 3.05) is 44.9 Å². The van der Waals surface area contributed by atoms with Crippen LogP contribution in [0.2, 0.25) is 5.02 Å². The van der Waals surface area contributed by atoms with Gasteiger partial charge in [0.1, 0.15) is 0 Å². The van der Waals surface area contributed by atoms with E-state index in [0.29, 0.717) is 29.5 Å². The van der Waals surface area contributed by atoms with Crippen molar-refractivity contribution in [3.8, 4) is 0 Å². The predicted molar refractivity (Wildman–Crippen MR) is 82.5 cm³/mol. The molecule has 0 saturated carbocycles. The number of anilines is 2. The molecule has 2 rings (SSSR count). The highest BCUT2D eigenvalue weighted by atomic mass is 35.5. The molecule has 0 spiro atoms. The topological polar surface area (TPSA) is 76.8 Å². The van der Waals surface area contributed by atoms with Gasteiger partial charge in [0, 0.05) is 33.0 Å². The summed E-state index contributed by atoms with van der Waals surface area (Å²) in [5.41, 5.74) is 6.76. The zero-order valence-corrected chi connectivity index (χ0v) is 12.9. The first-order valence-corrected chi connectivity index (χ1v) is 7.04. The third kappa shape index (κ3) is 4.07. The van der Waals surface area contributed by atoms with E-state index in [1.807, 2.05) is 4.90 Å². The highest BCUT2D eigenvalue weighted by Gasteiger charge is 2.33. The van der Waals surface area contributed by atoms with Crippen LogP contribution in [0.3, 0.4) is 0 Å². The van der Waals surface area contributed by atoms with Gasteiger partial charge in [-0.3, -0.25) is 9.69 Å². The number of nitrogens with two attached hydrogens (primary N) is 1. The number of hydrogen-bond acceptors (Lipinski definition) is 5. The number of amides is 1. The van der Waals surface area contributed by atoms with Crippen LogP contribution in [0.25, 0.3) is 0 Å². The van der Waals surface area contributed by atoms with Gasteiger partial charge in [0.25, 0.3) is 0 Å². The van der Waals surface area contributed by atoms with Gasteiger partial charge < -0.3 is 20.5 Å². The van der Waals surface area contributed by atoms with Gasteiger partial charge in [0.15, 0.2) is 0 Å². The lowest BCUT2D eigenvalue weighted by atomic mass is 10.3. The molecule has 0 aromatic heterocycles. The van der Waals surface area contributed by atoms with Crippen molar-refractivity contribution in [3.05, 3.63) is 23.2 Å². The zero-order valence-electron chi connectivity index (χ0n) is 12.1. The van der Waals surface area contributed by atoms with Crippen molar-refractivity contribution in [2.45, 2.75) is 12.2 Å². The average molecular weight is 314 g/mol. The van der Waals surface area contributed by atoms with Crippen LogP contribution in [0.5, 0.6) is 0 Å². The Labute approximate surface area is 129 Å². The van der Waals surface area contributed by atoms with Gasteiger partial charge >= 0.3 is 0 Å². The molecule has 1 saturated heterocycles. The van der Waals surface area contributed by atoms with E-state index < -0.39 is 0 Å². The highest BCUT2D eigenvalue weighted by Crippen LogP contribution is 2.24. The fourth-order valence-corrected chi connectivity index (χ4v) is 2.60. The summed E-state index contributed by atoms with van der Waals surface area (Å²) in [6.45, 7) is 1.57. The van der Waals surface area contributed by atoms with Gasteiger partial charge in [-0.1, -0.05) is 11.6 Å². The fraction of sp³-hybridized carbons (Fsp3) is 0.500. The van der Waals surface area contributed by atoms with Crippen LogP contribution in [0.4, 0.5) is 11.4 Å². The molecule has 1 heterocycles. The number of hydrogen-bond donors (Lipinski definition) is 2. The maximum Gasteiger partial charge on any atom is 0.238 e. The summed E-state index contributed by atoms with van der Waals surface area (Å²) in [7, 11) is 3.29. The quantitative estimate of drug-likeness (QED) is 0.799. The van der Waals surface area contributed by atoms with Gasteiger partial charge in [-0.2, -0.15) is 0 Å². The SMILES string of the molecule is COC1CN(CC(=O)Nc2cc(N)ccc2Cl)CC1OC. The molecule has 2 unspecified atom stereocenters. The van der Waals surface area contributed by atoms with Crippen LogP contribution >= 0.6 is 11.6 Å². The molecular weight excluding hydrogens is 294 g/mol. The van der Waals surface area contributed by atoms with Gasteiger partial charge in [-0.05, 0) is 18.2 Å². The molecule has 1 fully saturated rings. The second kappa shape index (κ2) is 7.09. The van der Waals surface area contributed by atoms with Gasteiger partial charge in [-0.15, -0.1) is 0 Å². The van der Waals surface area contributed by atoms with Crippen molar-refractivity contribution in [2.24, 2.45) is 0 Å². The summed E-state index contributed by atoms with van der Waals surface area (Å²) in [6.07, 6.45) is -0.0301. The molecule has 1 aliphatic heterocycles. The van der Waals surface area contributed by atoms with Crippen LogP contribution in [0, 0.1) is 0 Å². The lowest BCUT2D eigenvalue weighted by molar-refractivity contribution is -0.117. The number of carbonyl (C=O) groups excluding carboxylic acids is 1. The maximum absolute atomic E-state index is 12.1. The summed E-state index contributed by atoms with van der Waals surface area (Å²) in [5, 5.41) is 3.23. The number of carbonyl (C=O) groups is 1. The van der Waals surface area contributed by atoms with Crippen molar-refractivity contribution >= 4 is 28.9 Å². The number of rotatable bonds is 5. The van der Waals surface area contributed by atoms with E-state index in [1.54, 1.807) is 32.4 Å². The van der Waals surface area contributed by atoms with Gasteiger partial charge in [-0.25, -0.2) is 0 Å². The molecule has 1 amide bonds. The minimum atomic E-state index is -0.144. The van der Waals surface area contributed by atoms with E-state index >= 15 is 0 Å². The minimum Gasteiger partial charge on any atom is -0.399 e. The van der Waals surface area contributed by atoms with E-state index in [9.17, 15) is 4.79 Å². The second-order valence-electron chi connectivity index (χ2n) is 5.03. The molecular formula is C14H20ClN3O3. The number of ether oxygens (including phenoxy) is 2. The molecule has 0 radical (unpaired) electrons. The molecule has 0 bridgehead atoms. The van der Waals surface area contributed by atoms with E-state index in [2.05, 4.69) is 5.32 Å². The average Bonchev–Trinajstić information content (AvgIpc) is 2.84. The Balaban J connectivity index is 1.92. The first kappa shape index (κ1) is 16.0. The maximum atomic E-state index is 12.1. The first-order chi connectivity index (χ1) is 10.0. The predicted octanol–water partition coefficient (Wildman–Crippen LogP) is 1.21. The van der Waals surface area contributed by atoms with E-state index in [-0.39, 0.29) is 24.7 Å². The monoisotopic (exact) mass is 313 g/mol. The molecule has 7 heteroatoms. The van der Waals surface area contributed by atoms with Crippen molar-refractivity contribution in [1.29, 1.82) is 0 Å². The molecule has 3 N–H and O–H groups in total. The Kier molecular flexibility index (Phi) is 5.41. The van der Waals surface area contributed by atoms with Crippen LogP contribution in [-0.2, 0) is 14.3 Å². The van der Waals surface area contributed by atoms with Crippen LogP contribution in [-0.4, -0.2) is 56.9 Å². The van der Waals surface area contributed by atoms with Crippen molar-refractivity contribution in [3.63, 3.8) is 0 Å². The Hall–Kier alpha value is -1.34. The number of nitrogens with one attached hydrogen (secondary N) is 1. The molecule has 1 aliphatic rings. The summed E-state index contributed by atoms with van der Waals surface area (Å²) in [6, 6.07) is 4.98. The molecule has 21 heavy (non-hydrogen) atoms. The van der Waals surface area contributed by atoms with E-state index in [0.717, 1.165) is 0 Å². The molecule has 116 valence electrons. The Bertz CT molecular complexity index is 500. The Morgan fingerprint density at radius 2 is 2.00 bits per heavy atom. The van der Waals surface area contributed by atoms with Crippen molar-refractivity contribution < 1.29 is 14.3 Å². The summed E-state index contributed by atoms with van der Waals surface area (Å²) < 4.78 is 10.7. The summed E-state index contributed by atoms with van der Waals surface area (Å²) in [4.78, 5) is 14.1. The number of methoxy groups -OCH3 is 2. The van der Waals surface area contributed by atoms with E-state index in [4.69, 9.17) is 26.8 Å². The van der Waals surface area contributed by atoms with Crippen LogP contribution in [0.15, 0.2) is 18.2 Å². The van der Waals surface area contributed by atoms with E-state index in [1.165, 1.54) is 0 Å². The van der Waals surface area contributed by atoms with Gasteiger partial charge in [0.05, 0.1) is 29.5 Å². The number of likely N-dealkylation sites (tertiary alicyclic amines) is 1. The third-order valence-corrected chi connectivity index (χ3v) is 3.86. The number of benzene rings is 1. The molecule has 1 aromatic carbocycles. The fourth-order valence-electron chi connectivity index (χ4n) is 2.43. The highest BCUT2D eigenvalue weighted by molar-refractivity contribution is 6.33. The number of nitrogen functional groups attached to an aromatic ring is 1. The number of halogens is 1. The second-order valence-corrected chi connectivity index (χ2v) is 5.44. The normalized spacial score (nSPS) is 22.4. The van der Waals surface area contributed by atoms with Gasteiger partial charge in [0.2, 0.25) is 5.91 Å². The lowest BCUT2D eigenvalue weighted by Crippen LogP contribution is -2.32. The molecule has 1 aromatic rings. The van der Waals surface area contributed by atoms with Crippen LogP contribution in [0.1, 0.15) is 0 Å². The largest absolute Gasteiger partial charge is 0.399 e. The first-order valence-electron chi connectivity index (χ1n) is 6.66. The standard InChI is InChI=1S/C14H20ClN3O3/c1-20-12-6-18(7-13(12)21-2)8-14(19)17-11-5-9(16)3-4-10(11)15/h3-5,12-13H,6-8,16H2,1-2H3,(H,17,19). The number of nitrogens with zero attached hydrogens (tertiary/aromatic N) is 1. The Morgan fingerprint density at radius 3 is 2.57 bits per heavy atom. The minimum absolute atomic E-state index is 0.0150. The molecule has 2 atom stereocenters.